The molecule has 29 heavy (non-hydrogen) atoms. The Morgan fingerprint density at radius 2 is 1.00 bits per heavy atom. The van der Waals surface area contributed by atoms with E-state index >= 15 is 0 Å². The molecule has 0 bridgehead atoms. The third-order valence-corrected chi connectivity index (χ3v) is 9.80. The zero-order chi connectivity index (χ0) is 21.7. The fourth-order valence-electron chi connectivity index (χ4n) is 3.86. The average molecular weight is 445 g/mol. The molecule has 3 heterocycles. The van der Waals surface area contributed by atoms with Crippen LogP contribution in [-0.4, -0.2) is 71.2 Å². The topological polar surface area (TPSA) is 110 Å². The number of sulfonamides is 2. The minimum absolute atomic E-state index is 0.0910. The highest BCUT2D eigenvalue weighted by molar-refractivity contribution is 7.89. The van der Waals surface area contributed by atoms with Crippen LogP contribution in [0.25, 0.3) is 0 Å². The monoisotopic (exact) mass is 444 g/mol. The molecule has 0 saturated carbocycles. The summed E-state index contributed by atoms with van der Waals surface area (Å²) in [5, 5.41) is 8.41. The molecule has 0 spiro atoms. The first-order valence-corrected chi connectivity index (χ1v) is 12.3. The summed E-state index contributed by atoms with van der Waals surface area (Å²) in [6.07, 6.45) is 0.412. The van der Waals surface area contributed by atoms with Crippen LogP contribution in [0.3, 0.4) is 0 Å². The molecule has 12 heteroatoms. The molecule has 0 atom stereocenters. The van der Waals surface area contributed by atoms with Gasteiger partial charge in [-0.2, -0.15) is 18.8 Å². The van der Waals surface area contributed by atoms with Crippen LogP contribution < -0.4 is 0 Å². The largest absolute Gasteiger partial charge is 0.271 e. The molecule has 162 valence electrons. The first-order valence-electron chi connectivity index (χ1n) is 9.39. The zero-order valence-electron chi connectivity index (χ0n) is 17.7. The number of aryl methyl sites for hydroxylation is 4. The van der Waals surface area contributed by atoms with Gasteiger partial charge in [0.05, 0.1) is 22.8 Å². The number of aromatic nitrogens is 4. The number of nitrogens with zero attached hydrogens (tertiary/aromatic N) is 6. The molecule has 1 aliphatic heterocycles. The van der Waals surface area contributed by atoms with E-state index < -0.39 is 20.0 Å². The summed E-state index contributed by atoms with van der Waals surface area (Å²) in [6, 6.07) is 0. The van der Waals surface area contributed by atoms with Crippen LogP contribution in [0.15, 0.2) is 9.79 Å². The van der Waals surface area contributed by atoms with Crippen molar-refractivity contribution < 1.29 is 16.8 Å². The molecule has 0 amide bonds. The van der Waals surface area contributed by atoms with Crippen molar-refractivity contribution in [2.75, 3.05) is 26.2 Å². The van der Waals surface area contributed by atoms with E-state index in [0.717, 1.165) is 0 Å². The van der Waals surface area contributed by atoms with Crippen molar-refractivity contribution in [3.8, 4) is 0 Å². The van der Waals surface area contributed by atoms with Crippen molar-refractivity contribution in [2.45, 2.75) is 43.9 Å². The second kappa shape index (κ2) is 7.49. The lowest BCUT2D eigenvalue weighted by Gasteiger charge is -2.22. The molecule has 1 saturated heterocycles. The maximum Gasteiger partial charge on any atom is 0.246 e. The molecule has 2 aromatic heterocycles. The second-order valence-corrected chi connectivity index (χ2v) is 11.2. The minimum atomic E-state index is -3.76. The normalized spacial score (nSPS) is 17.6. The van der Waals surface area contributed by atoms with E-state index in [9.17, 15) is 16.8 Å². The predicted octanol–water partition coefficient (Wildman–Crippen LogP) is 0.473. The lowest BCUT2D eigenvalue weighted by atomic mass is 10.4. The maximum atomic E-state index is 13.2. The third kappa shape index (κ3) is 3.62. The van der Waals surface area contributed by atoms with Crippen molar-refractivity contribution in [1.82, 2.24) is 28.2 Å². The minimum Gasteiger partial charge on any atom is -0.271 e. The van der Waals surface area contributed by atoms with Gasteiger partial charge in [-0.3, -0.25) is 9.36 Å². The van der Waals surface area contributed by atoms with Gasteiger partial charge in [0.1, 0.15) is 9.79 Å². The van der Waals surface area contributed by atoms with Crippen LogP contribution in [-0.2, 0) is 34.1 Å². The fourth-order valence-corrected chi connectivity index (χ4v) is 7.60. The fraction of sp³-hybridized carbons (Fsp3) is 0.647. The van der Waals surface area contributed by atoms with Gasteiger partial charge >= 0.3 is 0 Å². The van der Waals surface area contributed by atoms with Gasteiger partial charge in [0.15, 0.2) is 0 Å². The molecule has 0 aliphatic carbocycles. The molecule has 2 aromatic rings. The predicted molar refractivity (Wildman–Crippen MR) is 107 cm³/mol. The molecule has 10 nitrogen and oxygen atoms in total. The third-order valence-electron chi connectivity index (χ3n) is 5.49. The highest BCUT2D eigenvalue weighted by Gasteiger charge is 2.36. The highest BCUT2D eigenvalue weighted by Crippen LogP contribution is 2.27. The van der Waals surface area contributed by atoms with E-state index in [1.165, 1.54) is 8.61 Å². The molecule has 0 unspecified atom stereocenters. The molecular formula is C17H28N6O4S2. The number of hydrogen-bond donors (Lipinski definition) is 0. The average Bonchev–Trinajstić information content (AvgIpc) is 2.91. The van der Waals surface area contributed by atoms with E-state index in [4.69, 9.17) is 0 Å². The Bertz CT molecular complexity index is 1060. The van der Waals surface area contributed by atoms with Gasteiger partial charge in [0.25, 0.3) is 0 Å². The number of hydrogen-bond acceptors (Lipinski definition) is 6. The molecule has 1 aliphatic rings. The summed E-state index contributed by atoms with van der Waals surface area (Å²) in [6.45, 7) is 7.47. The van der Waals surface area contributed by atoms with Gasteiger partial charge in [-0.05, 0) is 34.1 Å². The Labute approximate surface area is 172 Å². The molecular weight excluding hydrogens is 416 g/mol. The first-order chi connectivity index (χ1) is 13.4. The van der Waals surface area contributed by atoms with Crippen molar-refractivity contribution in [3.05, 3.63) is 22.8 Å². The van der Waals surface area contributed by atoms with Crippen molar-refractivity contribution in [1.29, 1.82) is 0 Å². The Balaban J connectivity index is 1.89. The van der Waals surface area contributed by atoms with Crippen molar-refractivity contribution in [2.24, 2.45) is 14.1 Å². The van der Waals surface area contributed by atoms with Crippen LogP contribution >= 0.6 is 0 Å². The second-order valence-electron chi connectivity index (χ2n) is 7.41. The quantitative estimate of drug-likeness (QED) is 0.678. The van der Waals surface area contributed by atoms with Crippen molar-refractivity contribution in [3.63, 3.8) is 0 Å². The van der Waals surface area contributed by atoms with E-state index in [-0.39, 0.29) is 36.0 Å². The molecule has 1 fully saturated rings. The van der Waals surface area contributed by atoms with Crippen LogP contribution in [0, 0.1) is 27.7 Å². The summed E-state index contributed by atoms with van der Waals surface area (Å²) in [4.78, 5) is 0.408. The lowest BCUT2D eigenvalue weighted by Crippen LogP contribution is -2.38. The summed E-state index contributed by atoms with van der Waals surface area (Å²) >= 11 is 0. The van der Waals surface area contributed by atoms with E-state index in [2.05, 4.69) is 10.2 Å². The SMILES string of the molecule is Cc1nn(C)c(C)c1S(=O)(=O)N1CCCN(S(=O)(=O)c2c(C)nn(C)c2C)CC1. The lowest BCUT2D eigenvalue weighted by molar-refractivity contribution is 0.404. The standard InChI is InChI=1S/C17H28N6O4S2/c1-12-16(14(3)20(5)18-12)28(24,25)22-8-7-9-23(11-10-22)29(26,27)17-13(2)19-21(6)15(17)4/h7-11H2,1-6H3. The summed E-state index contributed by atoms with van der Waals surface area (Å²) in [5.74, 6) is 0. The van der Waals surface area contributed by atoms with Crippen LogP contribution in [0.4, 0.5) is 0 Å². The Kier molecular flexibility index (Phi) is 5.67. The summed E-state index contributed by atoms with van der Waals surface area (Å²) in [7, 11) is -4.11. The first kappa shape index (κ1) is 21.9. The highest BCUT2D eigenvalue weighted by atomic mass is 32.2. The Morgan fingerprint density at radius 3 is 1.28 bits per heavy atom. The smallest absolute Gasteiger partial charge is 0.246 e. The number of rotatable bonds is 4. The van der Waals surface area contributed by atoms with Gasteiger partial charge < -0.3 is 0 Å². The van der Waals surface area contributed by atoms with E-state index in [1.54, 1.807) is 51.2 Å². The molecule has 0 radical (unpaired) electrons. The van der Waals surface area contributed by atoms with Gasteiger partial charge in [-0.25, -0.2) is 16.8 Å². The van der Waals surface area contributed by atoms with Crippen LogP contribution in [0.1, 0.15) is 29.2 Å². The summed E-state index contributed by atoms with van der Waals surface area (Å²) in [5.41, 5.74) is 2.02. The van der Waals surface area contributed by atoms with Gasteiger partial charge in [-0.15, -0.1) is 0 Å². The van der Waals surface area contributed by atoms with Gasteiger partial charge in [-0.1, -0.05) is 0 Å². The molecule has 0 N–H and O–H groups in total. The molecule has 0 aromatic carbocycles. The molecule has 3 rings (SSSR count). The van der Waals surface area contributed by atoms with Gasteiger partial charge in [0, 0.05) is 40.3 Å². The van der Waals surface area contributed by atoms with Crippen LogP contribution in [0.2, 0.25) is 0 Å². The van der Waals surface area contributed by atoms with Crippen LogP contribution in [0.5, 0.6) is 0 Å². The summed E-state index contributed by atoms with van der Waals surface area (Å²) < 4.78 is 58.7. The van der Waals surface area contributed by atoms with Gasteiger partial charge in [0.2, 0.25) is 20.0 Å². The van der Waals surface area contributed by atoms with E-state index in [1.807, 2.05) is 0 Å². The Morgan fingerprint density at radius 1 is 0.655 bits per heavy atom. The zero-order valence-corrected chi connectivity index (χ0v) is 19.3. The Hall–Kier alpha value is -1.76. The maximum absolute atomic E-state index is 13.2. The van der Waals surface area contributed by atoms with Crippen molar-refractivity contribution >= 4 is 20.0 Å². The van der Waals surface area contributed by atoms with E-state index in [0.29, 0.717) is 29.2 Å².